The summed E-state index contributed by atoms with van der Waals surface area (Å²) >= 11 is 0. The fourth-order valence-electron chi connectivity index (χ4n) is 5.72. The fourth-order valence-corrected chi connectivity index (χ4v) is 5.72. The molecule has 0 aromatic carbocycles. The first-order valence-electron chi connectivity index (χ1n) is 11.8. The van der Waals surface area contributed by atoms with Crippen molar-refractivity contribution in [3.63, 3.8) is 0 Å². The first-order chi connectivity index (χ1) is 15.3. The number of piperidine rings is 3. The number of rotatable bonds is 3. The lowest BCUT2D eigenvalue weighted by molar-refractivity contribution is 0.0726. The summed E-state index contributed by atoms with van der Waals surface area (Å²) in [6, 6.07) is 11.0. The predicted octanol–water partition coefficient (Wildman–Crippen LogP) is 4.40. The Morgan fingerprint density at radius 2 is 1.77 bits per heavy atom. The van der Waals surface area contributed by atoms with E-state index in [2.05, 4.69) is 28.2 Å². The van der Waals surface area contributed by atoms with Crippen molar-refractivity contribution >= 4 is 17.2 Å². The SMILES string of the molecule is O=C(c1cnn2c(-c3ccc(N4CC5CCC4CC5)nc3)cccc12)N1CCCCC1. The van der Waals surface area contributed by atoms with E-state index in [1.807, 2.05) is 27.7 Å². The van der Waals surface area contributed by atoms with Gasteiger partial charge in [-0.3, -0.25) is 4.79 Å². The van der Waals surface area contributed by atoms with Crippen LogP contribution in [0.5, 0.6) is 0 Å². The lowest BCUT2D eigenvalue weighted by Crippen LogP contribution is -2.48. The molecule has 6 nitrogen and oxygen atoms in total. The first-order valence-corrected chi connectivity index (χ1v) is 11.8. The van der Waals surface area contributed by atoms with Crippen molar-refractivity contribution in [2.75, 3.05) is 24.5 Å². The molecule has 1 saturated carbocycles. The normalized spacial score (nSPS) is 23.5. The van der Waals surface area contributed by atoms with Gasteiger partial charge in [-0.2, -0.15) is 5.10 Å². The Kier molecular flexibility index (Phi) is 4.66. The molecule has 0 unspecified atom stereocenters. The maximum absolute atomic E-state index is 13.1. The zero-order valence-electron chi connectivity index (χ0n) is 17.9. The number of amides is 1. The number of hydrogen-bond acceptors (Lipinski definition) is 4. The monoisotopic (exact) mass is 415 g/mol. The van der Waals surface area contributed by atoms with Crippen LogP contribution in [0, 0.1) is 5.92 Å². The van der Waals surface area contributed by atoms with E-state index in [9.17, 15) is 4.79 Å². The maximum atomic E-state index is 13.1. The molecule has 0 atom stereocenters. The zero-order valence-corrected chi connectivity index (χ0v) is 17.9. The molecule has 4 aliphatic rings. The summed E-state index contributed by atoms with van der Waals surface area (Å²) in [7, 11) is 0. The van der Waals surface area contributed by atoms with Gasteiger partial charge in [0, 0.05) is 37.4 Å². The highest BCUT2D eigenvalue weighted by Crippen LogP contribution is 2.37. The van der Waals surface area contributed by atoms with Gasteiger partial charge in [0.05, 0.1) is 23.0 Å². The van der Waals surface area contributed by atoms with Gasteiger partial charge in [0.1, 0.15) is 5.82 Å². The van der Waals surface area contributed by atoms with Crippen LogP contribution in [-0.2, 0) is 0 Å². The molecule has 3 aliphatic heterocycles. The fraction of sp³-hybridized carbons (Fsp3) is 0.480. The van der Waals surface area contributed by atoms with Crippen LogP contribution in [0.25, 0.3) is 16.8 Å². The van der Waals surface area contributed by atoms with Crippen LogP contribution in [-0.4, -0.2) is 51.1 Å². The molecule has 160 valence electrons. The average Bonchev–Trinajstić information content (AvgIpc) is 3.29. The zero-order chi connectivity index (χ0) is 20.8. The van der Waals surface area contributed by atoms with Crippen molar-refractivity contribution in [1.29, 1.82) is 0 Å². The van der Waals surface area contributed by atoms with Crippen LogP contribution < -0.4 is 4.90 Å². The molecule has 0 N–H and O–H groups in total. The van der Waals surface area contributed by atoms with E-state index in [0.29, 0.717) is 11.6 Å². The van der Waals surface area contributed by atoms with Crippen LogP contribution in [0.3, 0.4) is 0 Å². The molecule has 4 fully saturated rings. The predicted molar refractivity (Wildman–Crippen MR) is 121 cm³/mol. The number of carbonyl (C=O) groups is 1. The Morgan fingerprint density at radius 1 is 0.935 bits per heavy atom. The molecule has 3 saturated heterocycles. The number of aromatic nitrogens is 3. The van der Waals surface area contributed by atoms with Gasteiger partial charge in [0.25, 0.3) is 5.91 Å². The second-order valence-corrected chi connectivity index (χ2v) is 9.35. The smallest absolute Gasteiger partial charge is 0.257 e. The third-order valence-electron chi connectivity index (χ3n) is 7.47. The minimum absolute atomic E-state index is 0.0977. The molecule has 31 heavy (non-hydrogen) atoms. The second kappa shape index (κ2) is 7.66. The third kappa shape index (κ3) is 3.29. The summed E-state index contributed by atoms with van der Waals surface area (Å²) in [4.78, 5) is 22.4. The molecule has 0 radical (unpaired) electrons. The van der Waals surface area contributed by atoms with Crippen molar-refractivity contribution in [3.05, 3.63) is 48.3 Å². The minimum atomic E-state index is 0.0977. The summed E-state index contributed by atoms with van der Waals surface area (Å²) < 4.78 is 1.89. The van der Waals surface area contributed by atoms with Crippen molar-refractivity contribution in [2.45, 2.75) is 51.0 Å². The number of fused-ring (bicyclic) bond motifs is 4. The number of likely N-dealkylation sites (tertiary alicyclic amines) is 1. The van der Waals surface area contributed by atoms with Crippen LogP contribution in [0.15, 0.2) is 42.7 Å². The summed E-state index contributed by atoms with van der Waals surface area (Å²) in [5.74, 6) is 2.02. The Labute approximate surface area is 182 Å². The molecule has 2 bridgehead atoms. The molecule has 6 heteroatoms. The second-order valence-electron chi connectivity index (χ2n) is 9.35. The van der Waals surface area contributed by atoms with E-state index < -0.39 is 0 Å². The molecule has 3 aromatic heterocycles. The lowest BCUT2D eigenvalue weighted by atomic mass is 9.80. The highest BCUT2D eigenvalue weighted by atomic mass is 16.2. The first kappa shape index (κ1) is 18.8. The number of hydrogen-bond donors (Lipinski definition) is 0. The van der Waals surface area contributed by atoms with Gasteiger partial charge in [-0.05, 0) is 75.1 Å². The van der Waals surface area contributed by atoms with Crippen molar-refractivity contribution < 1.29 is 4.79 Å². The van der Waals surface area contributed by atoms with E-state index in [0.717, 1.165) is 61.0 Å². The average molecular weight is 416 g/mol. The highest BCUT2D eigenvalue weighted by molar-refractivity contribution is 6.01. The number of nitrogens with zero attached hydrogens (tertiary/aromatic N) is 5. The van der Waals surface area contributed by atoms with Gasteiger partial charge in [0.15, 0.2) is 0 Å². The molecule has 7 rings (SSSR count). The summed E-state index contributed by atoms with van der Waals surface area (Å²) in [6.45, 7) is 2.84. The minimum Gasteiger partial charge on any atom is -0.353 e. The number of pyridine rings is 2. The van der Waals surface area contributed by atoms with E-state index in [1.165, 1.54) is 32.1 Å². The van der Waals surface area contributed by atoms with Crippen LogP contribution in [0.2, 0.25) is 0 Å². The van der Waals surface area contributed by atoms with Crippen molar-refractivity contribution in [3.8, 4) is 11.3 Å². The number of anilines is 1. The Morgan fingerprint density at radius 3 is 2.48 bits per heavy atom. The molecular formula is C25H29N5O. The standard InChI is InChI=1S/C25H29N5O/c31-25(28-13-2-1-3-14-28)21-16-27-30-22(5-4-6-23(21)30)19-9-12-24(26-15-19)29-17-18-7-10-20(29)11-8-18/h4-6,9,12,15-16,18,20H,1-3,7-8,10-11,13-14,17H2. The van der Waals surface area contributed by atoms with Gasteiger partial charge in [-0.1, -0.05) is 6.07 Å². The molecular weight excluding hydrogens is 386 g/mol. The molecule has 1 aliphatic carbocycles. The molecule has 1 amide bonds. The van der Waals surface area contributed by atoms with Crippen molar-refractivity contribution in [2.24, 2.45) is 5.92 Å². The Bertz CT molecular complexity index is 1090. The summed E-state index contributed by atoms with van der Waals surface area (Å²) in [6.07, 6.45) is 12.4. The molecule has 6 heterocycles. The highest BCUT2D eigenvalue weighted by Gasteiger charge is 2.34. The Balaban J connectivity index is 1.30. The van der Waals surface area contributed by atoms with Crippen LogP contribution in [0.1, 0.15) is 55.3 Å². The summed E-state index contributed by atoms with van der Waals surface area (Å²) in [5.41, 5.74) is 3.55. The quantitative estimate of drug-likeness (QED) is 0.636. The van der Waals surface area contributed by atoms with E-state index in [1.54, 1.807) is 6.20 Å². The lowest BCUT2D eigenvalue weighted by Gasteiger charge is -2.46. The maximum Gasteiger partial charge on any atom is 0.257 e. The van der Waals surface area contributed by atoms with Crippen molar-refractivity contribution in [1.82, 2.24) is 19.5 Å². The van der Waals surface area contributed by atoms with Crippen LogP contribution >= 0.6 is 0 Å². The van der Waals surface area contributed by atoms with Gasteiger partial charge < -0.3 is 9.80 Å². The van der Waals surface area contributed by atoms with E-state index >= 15 is 0 Å². The Hall–Kier alpha value is -2.89. The van der Waals surface area contributed by atoms with Gasteiger partial charge in [0.2, 0.25) is 0 Å². The molecule has 0 spiro atoms. The summed E-state index contributed by atoms with van der Waals surface area (Å²) in [5, 5.41) is 4.59. The van der Waals surface area contributed by atoms with Gasteiger partial charge in [-0.25, -0.2) is 9.50 Å². The largest absolute Gasteiger partial charge is 0.353 e. The topological polar surface area (TPSA) is 53.7 Å². The van der Waals surface area contributed by atoms with Crippen LogP contribution in [0.4, 0.5) is 5.82 Å². The van der Waals surface area contributed by atoms with Gasteiger partial charge >= 0.3 is 0 Å². The van der Waals surface area contributed by atoms with Gasteiger partial charge in [-0.15, -0.1) is 0 Å². The van der Waals surface area contributed by atoms with E-state index in [-0.39, 0.29) is 5.91 Å². The number of carbonyl (C=O) groups excluding carboxylic acids is 1. The third-order valence-corrected chi connectivity index (χ3v) is 7.47. The van der Waals surface area contributed by atoms with E-state index in [4.69, 9.17) is 4.98 Å². The molecule has 3 aromatic rings.